The Morgan fingerprint density at radius 3 is 2.58 bits per heavy atom. The number of amides is 1. The molecular formula is C18H13ClN4O3. The van der Waals surface area contributed by atoms with Gasteiger partial charge in [0.15, 0.2) is 0 Å². The number of primary amides is 1. The smallest absolute Gasteiger partial charge is 0.333 e. The number of aromatic amines is 1. The molecule has 8 heteroatoms. The van der Waals surface area contributed by atoms with Crippen molar-refractivity contribution in [1.82, 2.24) is 14.1 Å². The maximum atomic E-state index is 13.0. The zero-order valence-corrected chi connectivity index (χ0v) is 14.4. The van der Waals surface area contributed by atoms with Crippen molar-refractivity contribution in [3.8, 4) is 5.69 Å². The molecule has 0 saturated carbocycles. The Kier molecular flexibility index (Phi) is 3.48. The van der Waals surface area contributed by atoms with Crippen molar-refractivity contribution in [2.75, 3.05) is 0 Å². The van der Waals surface area contributed by atoms with Crippen LogP contribution in [-0.2, 0) is 7.05 Å². The Morgan fingerprint density at radius 1 is 1.12 bits per heavy atom. The number of nitrogens with one attached hydrogen (secondary N) is 1. The lowest BCUT2D eigenvalue weighted by atomic mass is 10.2. The van der Waals surface area contributed by atoms with Crippen molar-refractivity contribution in [3.05, 3.63) is 74.0 Å². The van der Waals surface area contributed by atoms with E-state index in [1.807, 2.05) is 0 Å². The summed E-state index contributed by atoms with van der Waals surface area (Å²) in [6.07, 6.45) is 0. The van der Waals surface area contributed by atoms with E-state index in [0.717, 1.165) is 4.57 Å². The fraction of sp³-hybridized carbons (Fsp3) is 0.0556. The summed E-state index contributed by atoms with van der Waals surface area (Å²) in [6, 6.07) is 11.6. The summed E-state index contributed by atoms with van der Waals surface area (Å²) in [5, 5.41) is 1.21. The number of halogens is 1. The summed E-state index contributed by atoms with van der Waals surface area (Å²) in [5.74, 6) is -0.755. The fourth-order valence-corrected chi connectivity index (χ4v) is 3.44. The molecule has 0 bridgehead atoms. The van der Waals surface area contributed by atoms with E-state index in [1.54, 1.807) is 54.1 Å². The topological polar surface area (TPSA) is 103 Å². The molecule has 3 N–H and O–H groups in total. The number of rotatable bonds is 2. The van der Waals surface area contributed by atoms with Crippen LogP contribution < -0.4 is 17.0 Å². The molecule has 2 aromatic heterocycles. The van der Waals surface area contributed by atoms with Crippen LogP contribution in [-0.4, -0.2) is 20.0 Å². The second-order valence-corrected chi connectivity index (χ2v) is 6.33. The molecular weight excluding hydrogens is 356 g/mol. The second kappa shape index (κ2) is 5.60. The van der Waals surface area contributed by atoms with Crippen molar-refractivity contribution in [3.63, 3.8) is 0 Å². The van der Waals surface area contributed by atoms with Gasteiger partial charge in [-0.3, -0.25) is 9.59 Å². The zero-order chi connectivity index (χ0) is 18.6. The van der Waals surface area contributed by atoms with Crippen molar-refractivity contribution in [2.24, 2.45) is 12.8 Å². The SMILES string of the molecule is Cn1c(C(N)=O)c(-n2c(=O)[nH]c3ccccc3c2=O)c2cc(Cl)ccc21. The highest BCUT2D eigenvalue weighted by Crippen LogP contribution is 2.29. The van der Waals surface area contributed by atoms with Crippen LogP contribution in [0.3, 0.4) is 0 Å². The molecule has 0 unspecified atom stereocenters. The van der Waals surface area contributed by atoms with Crippen LogP contribution in [0.5, 0.6) is 0 Å². The van der Waals surface area contributed by atoms with Gasteiger partial charge in [-0.15, -0.1) is 0 Å². The van der Waals surface area contributed by atoms with Crippen molar-refractivity contribution >= 4 is 39.3 Å². The van der Waals surface area contributed by atoms with Crippen LogP contribution in [0, 0.1) is 0 Å². The molecule has 0 spiro atoms. The summed E-state index contributed by atoms with van der Waals surface area (Å²) in [4.78, 5) is 40.5. The van der Waals surface area contributed by atoms with Gasteiger partial charge in [-0.2, -0.15) is 0 Å². The molecule has 2 aromatic carbocycles. The van der Waals surface area contributed by atoms with Crippen LogP contribution in [0.15, 0.2) is 52.1 Å². The summed E-state index contributed by atoms with van der Waals surface area (Å²) in [6.45, 7) is 0. The van der Waals surface area contributed by atoms with E-state index in [1.165, 1.54) is 0 Å². The zero-order valence-electron chi connectivity index (χ0n) is 13.6. The number of hydrogen-bond acceptors (Lipinski definition) is 3. The predicted molar refractivity (Wildman–Crippen MR) is 100 cm³/mol. The summed E-state index contributed by atoms with van der Waals surface area (Å²) in [5.41, 5.74) is 5.55. The first kappa shape index (κ1) is 16.2. The third-order valence-corrected chi connectivity index (χ3v) is 4.63. The molecule has 130 valence electrons. The maximum absolute atomic E-state index is 13.0. The third kappa shape index (κ3) is 2.18. The molecule has 2 heterocycles. The minimum Gasteiger partial charge on any atom is -0.364 e. The molecule has 0 fully saturated rings. The van der Waals surface area contributed by atoms with Crippen LogP contribution in [0.4, 0.5) is 0 Å². The van der Waals surface area contributed by atoms with E-state index in [0.29, 0.717) is 26.8 Å². The number of nitrogens with two attached hydrogens (primary N) is 1. The standard InChI is InChI=1S/C18H13ClN4O3/c1-22-13-7-6-9(19)8-11(13)14(15(22)16(20)24)23-17(25)10-4-2-3-5-12(10)21-18(23)26/h2-8H,1H3,(H2,20,24)(H,21,26). The summed E-state index contributed by atoms with van der Waals surface area (Å²) >= 11 is 6.10. The second-order valence-electron chi connectivity index (χ2n) is 5.90. The van der Waals surface area contributed by atoms with Crippen LogP contribution in [0.1, 0.15) is 10.5 Å². The Hall–Kier alpha value is -3.32. The monoisotopic (exact) mass is 368 g/mol. The quantitative estimate of drug-likeness (QED) is 0.565. The first-order valence-corrected chi connectivity index (χ1v) is 8.10. The predicted octanol–water partition coefficient (Wildman–Crippen LogP) is 1.92. The van der Waals surface area contributed by atoms with Gasteiger partial charge in [0.05, 0.1) is 22.1 Å². The van der Waals surface area contributed by atoms with Crippen molar-refractivity contribution in [1.29, 1.82) is 0 Å². The fourth-order valence-electron chi connectivity index (χ4n) is 3.27. The average molecular weight is 369 g/mol. The number of hydrogen-bond donors (Lipinski definition) is 2. The van der Waals surface area contributed by atoms with Gasteiger partial charge in [-0.1, -0.05) is 23.7 Å². The van der Waals surface area contributed by atoms with Crippen LogP contribution in [0.25, 0.3) is 27.5 Å². The van der Waals surface area contributed by atoms with Gasteiger partial charge in [0.1, 0.15) is 5.69 Å². The highest BCUT2D eigenvalue weighted by molar-refractivity contribution is 6.31. The number of carbonyl (C=O) groups is 1. The molecule has 0 aliphatic carbocycles. The Labute approximate surface area is 151 Å². The summed E-state index contributed by atoms with van der Waals surface area (Å²) in [7, 11) is 1.64. The number of aromatic nitrogens is 3. The van der Waals surface area contributed by atoms with Gasteiger partial charge in [0, 0.05) is 17.5 Å². The Morgan fingerprint density at radius 2 is 1.85 bits per heavy atom. The molecule has 4 aromatic rings. The van der Waals surface area contributed by atoms with Crippen LogP contribution >= 0.6 is 11.6 Å². The van der Waals surface area contributed by atoms with E-state index in [-0.39, 0.29) is 11.4 Å². The van der Waals surface area contributed by atoms with E-state index >= 15 is 0 Å². The normalized spacial score (nSPS) is 11.3. The number of benzene rings is 2. The van der Waals surface area contributed by atoms with E-state index in [9.17, 15) is 14.4 Å². The lowest BCUT2D eigenvalue weighted by Crippen LogP contribution is -2.35. The molecule has 0 radical (unpaired) electrons. The van der Waals surface area contributed by atoms with Crippen LogP contribution in [0.2, 0.25) is 5.02 Å². The number of para-hydroxylation sites is 1. The molecule has 0 aliphatic heterocycles. The van der Waals surface area contributed by atoms with Gasteiger partial charge in [0.2, 0.25) is 0 Å². The van der Waals surface area contributed by atoms with Gasteiger partial charge in [-0.05, 0) is 30.3 Å². The number of H-pyrrole nitrogens is 1. The number of aryl methyl sites for hydroxylation is 1. The Balaban J connectivity index is 2.27. The van der Waals surface area contributed by atoms with Crippen molar-refractivity contribution < 1.29 is 4.79 Å². The minimum absolute atomic E-state index is 0.0464. The Bertz CT molecular complexity index is 1330. The number of carbonyl (C=O) groups excluding carboxylic acids is 1. The van der Waals surface area contributed by atoms with E-state index in [4.69, 9.17) is 17.3 Å². The minimum atomic E-state index is -0.755. The largest absolute Gasteiger partial charge is 0.364 e. The molecule has 7 nitrogen and oxygen atoms in total. The van der Waals surface area contributed by atoms with Gasteiger partial charge >= 0.3 is 5.69 Å². The molecule has 26 heavy (non-hydrogen) atoms. The van der Waals surface area contributed by atoms with E-state index in [2.05, 4.69) is 4.98 Å². The average Bonchev–Trinajstić information content (AvgIpc) is 2.87. The van der Waals surface area contributed by atoms with E-state index < -0.39 is 17.2 Å². The summed E-state index contributed by atoms with van der Waals surface area (Å²) < 4.78 is 2.48. The molecule has 4 rings (SSSR count). The molecule has 0 aliphatic rings. The number of nitrogens with zero attached hydrogens (tertiary/aromatic N) is 2. The maximum Gasteiger partial charge on any atom is 0.333 e. The molecule has 0 saturated heterocycles. The van der Waals surface area contributed by atoms with Crippen molar-refractivity contribution in [2.45, 2.75) is 0 Å². The highest BCUT2D eigenvalue weighted by atomic mass is 35.5. The lowest BCUT2D eigenvalue weighted by Gasteiger charge is -2.08. The molecule has 0 atom stereocenters. The van der Waals surface area contributed by atoms with Gasteiger partial charge < -0.3 is 15.3 Å². The van der Waals surface area contributed by atoms with Gasteiger partial charge in [0.25, 0.3) is 11.5 Å². The molecule has 1 amide bonds. The third-order valence-electron chi connectivity index (χ3n) is 4.40. The lowest BCUT2D eigenvalue weighted by molar-refractivity contribution is 0.0993. The number of fused-ring (bicyclic) bond motifs is 2. The first-order valence-electron chi connectivity index (χ1n) is 7.72. The first-order chi connectivity index (χ1) is 12.4. The highest BCUT2D eigenvalue weighted by Gasteiger charge is 2.24. The van der Waals surface area contributed by atoms with Gasteiger partial charge in [-0.25, -0.2) is 9.36 Å².